The zero-order valence-corrected chi connectivity index (χ0v) is 11.5. The summed E-state index contributed by atoms with van der Waals surface area (Å²) in [5.74, 6) is 0.543. The van der Waals surface area contributed by atoms with E-state index in [9.17, 15) is 9.90 Å². The Morgan fingerprint density at radius 3 is 2.95 bits per heavy atom. The third-order valence-corrected chi connectivity index (χ3v) is 3.31. The van der Waals surface area contributed by atoms with E-state index in [0.717, 1.165) is 24.3 Å². The second-order valence-electron chi connectivity index (χ2n) is 5.44. The summed E-state index contributed by atoms with van der Waals surface area (Å²) in [6, 6.07) is 5.58. The lowest BCUT2D eigenvalue weighted by atomic mass is 10.0. The molecule has 1 aromatic carbocycles. The first-order chi connectivity index (χ1) is 9.06. The summed E-state index contributed by atoms with van der Waals surface area (Å²) in [5, 5.41) is 12.3. The number of nitrogens with one attached hydrogen (secondary N) is 1. The zero-order valence-electron chi connectivity index (χ0n) is 11.5. The van der Waals surface area contributed by atoms with Gasteiger partial charge in [-0.1, -0.05) is 26.0 Å². The maximum absolute atomic E-state index is 11.2. The molecule has 2 rings (SSSR count). The van der Waals surface area contributed by atoms with Gasteiger partial charge in [0.1, 0.15) is 11.8 Å². The van der Waals surface area contributed by atoms with Crippen molar-refractivity contribution in [1.29, 1.82) is 0 Å². The van der Waals surface area contributed by atoms with Crippen LogP contribution in [0.15, 0.2) is 18.2 Å². The first-order valence-corrected chi connectivity index (χ1v) is 6.77. The first kappa shape index (κ1) is 13.9. The van der Waals surface area contributed by atoms with Crippen molar-refractivity contribution in [1.82, 2.24) is 5.32 Å². The summed E-state index contributed by atoms with van der Waals surface area (Å²) in [5.41, 5.74) is 2.33. The highest BCUT2D eigenvalue weighted by molar-refractivity contribution is 5.73. The molecule has 0 unspecified atom stereocenters. The zero-order chi connectivity index (χ0) is 13.8. The predicted molar refractivity (Wildman–Crippen MR) is 73.4 cm³/mol. The van der Waals surface area contributed by atoms with Gasteiger partial charge in [0.05, 0.1) is 6.61 Å². The van der Waals surface area contributed by atoms with Crippen molar-refractivity contribution < 1.29 is 14.6 Å². The van der Waals surface area contributed by atoms with Crippen LogP contribution in [0.5, 0.6) is 5.75 Å². The molecule has 0 spiro atoms. The van der Waals surface area contributed by atoms with E-state index in [1.54, 1.807) is 0 Å². The molecule has 0 radical (unpaired) electrons. The number of hydrogen-bond acceptors (Lipinski definition) is 3. The Morgan fingerprint density at radius 2 is 2.26 bits per heavy atom. The molecule has 2 N–H and O–H groups in total. The Morgan fingerprint density at radius 1 is 1.47 bits per heavy atom. The maximum atomic E-state index is 11.2. The highest BCUT2D eigenvalue weighted by Crippen LogP contribution is 2.25. The molecule has 1 atom stereocenters. The summed E-state index contributed by atoms with van der Waals surface area (Å²) in [7, 11) is 0. The molecule has 104 valence electrons. The Labute approximate surface area is 113 Å². The molecule has 0 amide bonds. The average Bonchev–Trinajstić information content (AvgIpc) is 2.80. The second-order valence-corrected chi connectivity index (χ2v) is 5.44. The third-order valence-electron chi connectivity index (χ3n) is 3.31. The minimum Gasteiger partial charge on any atom is -0.493 e. The van der Waals surface area contributed by atoms with E-state index in [1.807, 2.05) is 26.0 Å². The quantitative estimate of drug-likeness (QED) is 0.826. The van der Waals surface area contributed by atoms with Crippen LogP contribution in [0.1, 0.15) is 31.4 Å². The van der Waals surface area contributed by atoms with Crippen LogP contribution in [-0.4, -0.2) is 23.7 Å². The van der Waals surface area contributed by atoms with E-state index >= 15 is 0 Å². The van der Waals surface area contributed by atoms with Crippen molar-refractivity contribution in [2.24, 2.45) is 5.92 Å². The first-order valence-electron chi connectivity index (χ1n) is 6.77. The lowest BCUT2D eigenvalue weighted by Gasteiger charge is -2.16. The van der Waals surface area contributed by atoms with E-state index in [-0.39, 0.29) is 0 Å². The van der Waals surface area contributed by atoms with Crippen LogP contribution in [0, 0.1) is 5.92 Å². The number of carbonyl (C=O) groups is 1. The molecule has 0 bridgehead atoms. The largest absolute Gasteiger partial charge is 0.493 e. The van der Waals surface area contributed by atoms with E-state index < -0.39 is 12.0 Å². The highest BCUT2D eigenvalue weighted by atomic mass is 16.5. The van der Waals surface area contributed by atoms with Crippen LogP contribution in [0.4, 0.5) is 0 Å². The Bertz CT molecular complexity index is 457. The van der Waals surface area contributed by atoms with Gasteiger partial charge in [0.2, 0.25) is 0 Å². The smallest absolute Gasteiger partial charge is 0.320 e. The summed E-state index contributed by atoms with van der Waals surface area (Å²) < 4.78 is 5.46. The molecular weight excluding hydrogens is 242 g/mol. The fourth-order valence-corrected chi connectivity index (χ4v) is 2.33. The van der Waals surface area contributed by atoms with E-state index in [2.05, 4.69) is 11.4 Å². The number of carboxylic acid groups (broad SMARTS) is 1. The minimum atomic E-state index is -0.779. The molecule has 1 heterocycles. The van der Waals surface area contributed by atoms with Crippen molar-refractivity contribution in [3.8, 4) is 5.75 Å². The van der Waals surface area contributed by atoms with E-state index in [1.165, 1.54) is 5.56 Å². The number of fused-ring (bicyclic) bond motifs is 1. The maximum Gasteiger partial charge on any atom is 0.320 e. The van der Waals surface area contributed by atoms with Gasteiger partial charge in [0.15, 0.2) is 0 Å². The number of carboxylic acids is 1. The number of aliphatic carboxylic acids is 1. The number of ether oxygens (including phenoxy) is 1. The fraction of sp³-hybridized carbons (Fsp3) is 0.533. The van der Waals surface area contributed by atoms with Crippen LogP contribution in [0.25, 0.3) is 0 Å². The predicted octanol–water partition coefficient (Wildman–Crippen LogP) is 2.21. The van der Waals surface area contributed by atoms with Crippen molar-refractivity contribution in [3.63, 3.8) is 0 Å². The van der Waals surface area contributed by atoms with Gasteiger partial charge in [0, 0.05) is 13.0 Å². The van der Waals surface area contributed by atoms with E-state index in [4.69, 9.17) is 4.74 Å². The molecule has 0 saturated carbocycles. The molecule has 0 saturated heterocycles. The van der Waals surface area contributed by atoms with Gasteiger partial charge in [0.25, 0.3) is 0 Å². The van der Waals surface area contributed by atoms with Crippen LogP contribution >= 0.6 is 0 Å². The third kappa shape index (κ3) is 3.70. The second kappa shape index (κ2) is 6.06. The fourth-order valence-electron chi connectivity index (χ4n) is 2.33. The van der Waals surface area contributed by atoms with Gasteiger partial charge in [-0.05, 0) is 29.5 Å². The molecular formula is C15H21NO3. The van der Waals surface area contributed by atoms with Gasteiger partial charge in [-0.25, -0.2) is 0 Å². The normalized spacial score (nSPS) is 15.1. The van der Waals surface area contributed by atoms with Gasteiger partial charge in [-0.2, -0.15) is 0 Å². The van der Waals surface area contributed by atoms with Crippen molar-refractivity contribution in [3.05, 3.63) is 29.3 Å². The van der Waals surface area contributed by atoms with Crippen LogP contribution in [-0.2, 0) is 17.8 Å². The van der Waals surface area contributed by atoms with Crippen LogP contribution in [0.3, 0.4) is 0 Å². The number of benzene rings is 1. The van der Waals surface area contributed by atoms with Gasteiger partial charge in [-0.15, -0.1) is 0 Å². The molecule has 1 aromatic rings. The lowest BCUT2D eigenvalue weighted by molar-refractivity contribution is -0.140. The van der Waals surface area contributed by atoms with Crippen molar-refractivity contribution in [2.45, 2.75) is 39.3 Å². The van der Waals surface area contributed by atoms with Crippen LogP contribution in [0.2, 0.25) is 0 Å². The molecule has 0 aromatic heterocycles. The summed E-state index contributed by atoms with van der Waals surface area (Å²) in [4.78, 5) is 11.2. The molecule has 19 heavy (non-hydrogen) atoms. The van der Waals surface area contributed by atoms with E-state index in [0.29, 0.717) is 18.9 Å². The molecule has 0 fully saturated rings. The average molecular weight is 263 g/mol. The summed E-state index contributed by atoms with van der Waals surface area (Å²) in [6.07, 6.45) is 1.58. The van der Waals surface area contributed by atoms with Crippen molar-refractivity contribution >= 4 is 5.97 Å². The molecule has 0 aliphatic carbocycles. The van der Waals surface area contributed by atoms with Gasteiger partial charge >= 0.3 is 5.97 Å². The van der Waals surface area contributed by atoms with Crippen molar-refractivity contribution in [2.75, 3.05) is 6.61 Å². The van der Waals surface area contributed by atoms with Gasteiger partial charge < -0.3 is 15.2 Å². The monoisotopic (exact) mass is 263 g/mol. The highest BCUT2D eigenvalue weighted by Gasteiger charge is 2.18. The Hall–Kier alpha value is -1.55. The molecule has 1 aliphatic rings. The molecule has 4 heteroatoms. The number of rotatable bonds is 6. The molecule has 4 nitrogen and oxygen atoms in total. The Kier molecular flexibility index (Phi) is 4.43. The number of hydrogen-bond donors (Lipinski definition) is 2. The topological polar surface area (TPSA) is 58.6 Å². The summed E-state index contributed by atoms with van der Waals surface area (Å²) in [6.45, 7) is 5.39. The van der Waals surface area contributed by atoms with Crippen LogP contribution < -0.4 is 10.1 Å². The standard InChI is InChI=1S/C15H21NO3/c1-10(2)7-13(15(17)18)16-9-11-3-4-14-12(8-11)5-6-19-14/h3-4,8,10,13,16H,5-7,9H2,1-2H3,(H,17,18)/t13-/m0/s1. The molecule has 1 aliphatic heterocycles. The summed E-state index contributed by atoms with van der Waals surface area (Å²) >= 11 is 0. The SMILES string of the molecule is CC(C)C[C@H](NCc1ccc2c(c1)CCO2)C(=O)O. The minimum absolute atomic E-state index is 0.363. The lowest BCUT2D eigenvalue weighted by Crippen LogP contribution is -2.37. The van der Waals surface area contributed by atoms with Gasteiger partial charge in [-0.3, -0.25) is 4.79 Å². The Balaban J connectivity index is 1.95.